The Morgan fingerprint density at radius 1 is 1.56 bits per heavy atom. The van der Waals surface area contributed by atoms with Crippen LogP contribution >= 0.6 is 11.6 Å². The van der Waals surface area contributed by atoms with Crippen LogP contribution in [0.5, 0.6) is 0 Å². The van der Waals surface area contributed by atoms with Crippen LogP contribution in [0.15, 0.2) is 12.3 Å². The first kappa shape index (κ1) is 13.3. The molecule has 0 atom stereocenters. The number of hydrogen-bond acceptors (Lipinski definition) is 3. The third-order valence-electron chi connectivity index (χ3n) is 3.38. The molecule has 1 saturated heterocycles. The fraction of sp³-hybridized carbons (Fsp3) is 0.538. The largest absolute Gasteiger partial charge is 0.396 e. The molecule has 0 spiro atoms. The van der Waals surface area contributed by atoms with E-state index in [2.05, 4.69) is 4.98 Å². The Morgan fingerprint density at radius 2 is 2.22 bits per heavy atom. The van der Waals surface area contributed by atoms with Crippen LogP contribution in [0.2, 0.25) is 5.02 Å². The van der Waals surface area contributed by atoms with Crippen LogP contribution in [0.25, 0.3) is 0 Å². The number of aromatic nitrogens is 1. The van der Waals surface area contributed by atoms with E-state index in [1.807, 2.05) is 6.92 Å². The van der Waals surface area contributed by atoms with Crippen molar-refractivity contribution in [2.24, 2.45) is 5.92 Å². The van der Waals surface area contributed by atoms with E-state index in [1.165, 1.54) is 6.20 Å². The highest BCUT2D eigenvalue weighted by molar-refractivity contribution is 6.33. The van der Waals surface area contributed by atoms with Gasteiger partial charge in [0, 0.05) is 31.6 Å². The minimum Gasteiger partial charge on any atom is -0.396 e. The smallest absolute Gasteiger partial charge is 0.256 e. The number of piperidine rings is 1. The number of aliphatic hydroxyl groups is 1. The number of carbonyl (C=O) groups excluding carboxylic acids is 1. The van der Waals surface area contributed by atoms with Crippen LogP contribution in [-0.2, 0) is 0 Å². The second-order valence-corrected chi connectivity index (χ2v) is 5.13. The number of likely N-dealkylation sites (tertiary alicyclic amines) is 1. The van der Waals surface area contributed by atoms with Gasteiger partial charge in [0.1, 0.15) is 0 Å². The summed E-state index contributed by atoms with van der Waals surface area (Å²) in [6, 6.07) is 1.70. The first-order valence-electron chi connectivity index (χ1n) is 6.14. The van der Waals surface area contributed by atoms with Crippen molar-refractivity contribution in [3.63, 3.8) is 0 Å². The Balaban J connectivity index is 2.08. The Kier molecular flexibility index (Phi) is 4.19. The molecule has 5 heteroatoms. The van der Waals surface area contributed by atoms with Crippen LogP contribution in [0.4, 0.5) is 0 Å². The van der Waals surface area contributed by atoms with Gasteiger partial charge in [0.05, 0.1) is 10.6 Å². The van der Waals surface area contributed by atoms with Crippen molar-refractivity contribution < 1.29 is 9.90 Å². The zero-order valence-corrected chi connectivity index (χ0v) is 11.2. The van der Waals surface area contributed by atoms with Crippen molar-refractivity contribution in [2.45, 2.75) is 19.8 Å². The summed E-state index contributed by atoms with van der Waals surface area (Å²) in [7, 11) is 0. The molecule has 0 aromatic carbocycles. The van der Waals surface area contributed by atoms with Crippen LogP contribution in [0.1, 0.15) is 28.9 Å². The normalized spacial score (nSPS) is 16.9. The van der Waals surface area contributed by atoms with Crippen LogP contribution in [0, 0.1) is 12.8 Å². The zero-order valence-electron chi connectivity index (χ0n) is 10.4. The molecule has 1 aliphatic heterocycles. The van der Waals surface area contributed by atoms with E-state index in [1.54, 1.807) is 11.0 Å². The third-order valence-corrected chi connectivity index (χ3v) is 3.69. The first-order valence-corrected chi connectivity index (χ1v) is 6.52. The minimum atomic E-state index is -0.0658. The SMILES string of the molecule is Cc1cc(Cl)c(C(=O)N2CCC(CO)CC2)cn1. The Hall–Kier alpha value is -1.13. The summed E-state index contributed by atoms with van der Waals surface area (Å²) in [5.74, 6) is 0.254. The summed E-state index contributed by atoms with van der Waals surface area (Å²) in [6.45, 7) is 3.39. The number of pyridine rings is 1. The molecule has 4 nitrogen and oxygen atoms in total. The molecule has 0 aliphatic carbocycles. The van der Waals surface area contributed by atoms with E-state index < -0.39 is 0 Å². The Labute approximate surface area is 112 Å². The minimum absolute atomic E-state index is 0.0658. The molecule has 0 unspecified atom stereocenters. The van der Waals surface area contributed by atoms with Crippen molar-refractivity contribution in [2.75, 3.05) is 19.7 Å². The van der Waals surface area contributed by atoms with Gasteiger partial charge in [0.2, 0.25) is 0 Å². The summed E-state index contributed by atoms with van der Waals surface area (Å²) in [5, 5.41) is 9.53. The van der Waals surface area contributed by atoms with Gasteiger partial charge in [-0.15, -0.1) is 0 Å². The van der Waals surface area contributed by atoms with Gasteiger partial charge in [-0.1, -0.05) is 11.6 Å². The first-order chi connectivity index (χ1) is 8.61. The number of halogens is 1. The average Bonchev–Trinajstić information content (AvgIpc) is 2.38. The van der Waals surface area contributed by atoms with E-state index in [9.17, 15) is 4.79 Å². The molecular formula is C13H17ClN2O2. The number of nitrogens with zero attached hydrogens (tertiary/aromatic N) is 2. The van der Waals surface area contributed by atoms with E-state index in [4.69, 9.17) is 16.7 Å². The lowest BCUT2D eigenvalue weighted by Crippen LogP contribution is -2.39. The van der Waals surface area contributed by atoms with Gasteiger partial charge in [-0.25, -0.2) is 0 Å². The maximum absolute atomic E-state index is 12.3. The topological polar surface area (TPSA) is 53.4 Å². The Morgan fingerprint density at radius 3 is 2.78 bits per heavy atom. The van der Waals surface area contributed by atoms with Gasteiger partial charge in [0.25, 0.3) is 5.91 Å². The van der Waals surface area contributed by atoms with Crippen molar-refractivity contribution in [3.8, 4) is 0 Å². The van der Waals surface area contributed by atoms with Gasteiger partial charge in [-0.2, -0.15) is 0 Å². The van der Waals surface area contributed by atoms with E-state index in [0.717, 1.165) is 18.5 Å². The monoisotopic (exact) mass is 268 g/mol. The van der Waals surface area contributed by atoms with Crippen LogP contribution in [0.3, 0.4) is 0 Å². The van der Waals surface area contributed by atoms with E-state index in [-0.39, 0.29) is 12.5 Å². The molecule has 1 aromatic heterocycles. The van der Waals surface area contributed by atoms with E-state index >= 15 is 0 Å². The molecular weight excluding hydrogens is 252 g/mol. The summed E-state index contributed by atoms with van der Waals surface area (Å²) in [6.07, 6.45) is 3.23. The van der Waals surface area contributed by atoms with Crippen molar-refractivity contribution in [1.29, 1.82) is 0 Å². The number of rotatable bonds is 2. The van der Waals surface area contributed by atoms with Crippen molar-refractivity contribution in [1.82, 2.24) is 9.88 Å². The fourth-order valence-electron chi connectivity index (χ4n) is 2.17. The highest BCUT2D eigenvalue weighted by Crippen LogP contribution is 2.22. The quantitative estimate of drug-likeness (QED) is 0.891. The number of amides is 1. The summed E-state index contributed by atoms with van der Waals surface area (Å²) < 4.78 is 0. The van der Waals surface area contributed by atoms with Crippen molar-refractivity contribution >= 4 is 17.5 Å². The summed E-state index contributed by atoms with van der Waals surface area (Å²) in [5.41, 5.74) is 1.26. The van der Waals surface area contributed by atoms with Crippen LogP contribution < -0.4 is 0 Å². The lowest BCUT2D eigenvalue weighted by atomic mass is 9.97. The molecule has 1 aliphatic rings. The second kappa shape index (κ2) is 5.67. The second-order valence-electron chi connectivity index (χ2n) is 4.72. The lowest BCUT2D eigenvalue weighted by Gasteiger charge is -2.31. The van der Waals surface area contributed by atoms with Crippen LogP contribution in [-0.4, -0.2) is 40.6 Å². The molecule has 1 N–H and O–H groups in total. The molecule has 0 radical (unpaired) electrons. The maximum atomic E-state index is 12.3. The molecule has 1 amide bonds. The third kappa shape index (κ3) is 2.82. The number of aliphatic hydroxyl groups excluding tert-OH is 1. The summed E-state index contributed by atoms with van der Waals surface area (Å²) in [4.78, 5) is 18.2. The number of hydrogen-bond donors (Lipinski definition) is 1. The predicted molar refractivity (Wildman–Crippen MR) is 69.7 cm³/mol. The Bertz CT molecular complexity index is 443. The predicted octanol–water partition coefficient (Wildman–Crippen LogP) is 1.89. The average molecular weight is 269 g/mol. The van der Waals surface area contributed by atoms with Gasteiger partial charge >= 0.3 is 0 Å². The fourth-order valence-corrected chi connectivity index (χ4v) is 2.46. The lowest BCUT2D eigenvalue weighted by molar-refractivity contribution is 0.0650. The highest BCUT2D eigenvalue weighted by Gasteiger charge is 2.24. The molecule has 98 valence electrons. The highest BCUT2D eigenvalue weighted by atomic mass is 35.5. The van der Waals surface area contributed by atoms with E-state index in [0.29, 0.717) is 29.6 Å². The molecule has 0 saturated carbocycles. The molecule has 1 aromatic rings. The molecule has 18 heavy (non-hydrogen) atoms. The number of carbonyl (C=O) groups is 1. The molecule has 0 bridgehead atoms. The van der Waals surface area contributed by atoms with Crippen molar-refractivity contribution in [3.05, 3.63) is 28.5 Å². The molecule has 2 heterocycles. The maximum Gasteiger partial charge on any atom is 0.256 e. The van der Waals surface area contributed by atoms with Gasteiger partial charge in [0.15, 0.2) is 0 Å². The number of aryl methyl sites for hydroxylation is 1. The van der Waals surface area contributed by atoms with Gasteiger partial charge < -0.3 is 10.0 Å². The molecule has 1 fully saturated rings. The zero-order chi connectivity index (χ0) is 13.1. The standard InChI is InChI=1S/C13H17ClN2O2/c1-9-6-12(14)11(7-15-9)13(18)16-4-2-10(8-17)3-5-16/h6-7,10,17H,2-5,8H2,1H3. The van der Waals surface area contributed by atoms with Gasteiger partial charge in [-0.3, -0.25) is 9.78 Å². The summed E-state index contributed by atoms with van der Waals surface area (Å²) >= 11 is 6.07. The molecule has 2 rings (SSSR count). The van der Waals surface area contributed by atoms with Gasteiger partial charge in [-0.05, 0) is 31.7 Å².